The molecule has 1 aliphatic carbocycles. The Hall–Kier alpha value is -0.950. The van der Waals surface area contributed by atoms with Gasteiger partial charge in [0.25, 0.3) is 5.91 Å². The van der Waals surface area contributed by atoms with Gasteiger partial charge in [-0.15, -0.1) is 0 Å². The van der Waals surface area contributed by atoms with Crippen LogP contribution in [0.25, 0.3) is 0 Å². The first kappa shape index (κ1) is 10.1. The minimum Gasteiger partial charge on any atom is -0.392 e. The molecule has 0 spiro atoms. The van der Waals surface area contributed by atoms with Crippen molar-refractivity contribution in [2.75, 3.05) is 6.61 Å². The summed E-state index contributed by atoms with van der Waals surface area (Å²) in [5.41, 5.74) is -0.0197. The maximum atomic E-state index is 11.1. The van der Waals surface area contributed by atoms with Crippen molar-refractivity contribution in [3.05, 3.63) is 11.6 Å². The zero-order valence-corrected chi connectivity index (χ0v) is 6.90. The van der Waals surface area contributed by atoms with Gasteiger partial charge in [-0.05, 0) is 5.57 Å². The predicted molar refractivity (Wildman–Crippen MR) is 43.1 cm³/mol. The molecule has 0 aliphatic heterocycles. The molecule has 1 amide bonds. The molecule has 0 heterocycles. The summed E-state index contributed by atoms with van der Waals surface area (Å²) in [6.45, 7) is -0.485. The molecule has 6 nitrogen and oxygen atoms in total. The van der Waals surface area contributed by atoms with E-state index in [4.69, 9.17) is 16.1 Å². The van der Waals surface area contributed by atoms with Gasteiger partial charge in [-0.2, -0.15) is 0 Å². The highest BCUT2D eigenvalue weighted by Gasteiger charge is 2.45. The number of hydrazine groups is 1. The van der Waals surface area contributed by atoms with Gasteiger partial charge in [0.15, 0.2) is 5.60 Å². The molecule has 74 valence electrons. The van der Waals surface area contributed by atoms with Crippen molar-refractivity contribution in [3.8, 4) is 0 Å². The van der Waals surface area contributed by atoms with Crippen molar-refractivity contribution in [2.45, 2.75) is 18.1 Å². The molecule has 0 aromatic heterocycles. The van der Waals surface area contributed by atoms with Crippen LogP contribution in [0.5, 0.6) is 0 Å². The second kappa shape index (κ2) is 3.43. The Bertz CT molecular complexity index is 253. The highest BCUT2D eigenvalue weighted by Crippen LogP contribution is 2.30. The van der Waals surface area contributed by atoms with E-state index in [9.17, 15) is 9.90 Å². The van der Waals surface area contributed by atoms with Gasteiger partial charge in [0.1, 0.15) is 0 Å². The quantitative estimate of drug-likeness (QED) is 0.141. The Labute approximate surface area is 74.6 Å². The van der Waals surface area contributed by atoms with Gasteiger partial charge in [-0.25, -0.2) is 5.84 Å². The van der Waals surface area contributed by atoms with Gasteiger partial charge in [0, 0.05) is 6.42 Å². The second-order valence-electron chi connectivity index (χ2n) is 2.96. The smallest absolute Gasteiger partial charge is 0.270 e. The van der Waals surface area contributed by atoms with Gasteiger partial charge in [0.05, 0.1) is 12.7 Å². The van der Waals surface area contributed by atoms with Crippen LogP contribution in [-0.4, -0.2) is 39.5 Å². The van der Waals surface area contributed by atoms with E-state index in [2.05, 4.69) is 0 Å². The highest BCUT2D eigenvalue weighted by molar-refractivity contribution is 5.88. The molecule has 0 bridgehead atoms. The third-order valence-electron chi connectivity index (χ3n) is 2.11. The minimum atomic E-state index is -1.87. The van der Waals surface area contributed by atoms with E-state index >= 15 is 0 Å². The molecule has 0 fully saturated rings. The Morgan fingerprint density at radius 3 is 2.92 bits per heavy atom. The predicted octanol–water partition coefficient (Wildman–Crippen LogP) is -2.61. The molecule has 0 saturated heterocycles. The normalized spacial score (nSPS) is 32.9. The van der Waals surface area contributed by atoms with E-state index in [0.29, 0.717) is 0 Å². The van der Waals surface area contributed by atoms with E-state index in [0.717, 1.165) is 0 Å². The van der Waals surface area contributed by atoms with Crippen molar-refractivity contribution < 1.29 is 20.1 Å². The Kier molecular flexibility index (Phi) is 2.67. The van der Waals surface area contributed by atoms with Gasteiger partial charge in [-0.3, -0.25) is 10.2 Å². The summed E-state index contributed by atoms with van der Waals surface area (Å²) in [6.07, 6.45) is 0.144. The summed E-state index contributed by atoms with van der Waals surface area (Å²) >= 11 is 0. The third kappa shape index (κ3) is 1.56. The summed E-state index contributed by atoms with van der Waals surface area (Å²) in [7, 11) is 0. The number of nitrogens with one attached hydrogen (secondary N) is 1. The average molecular weight is 188 g/mol. The molecular formula is C7H12N2O4. The van der Waals surface area contributed by atoms with Crippen LogP contribution in [0.3, 0.4) is 0 Å². The monoisotopic (exact) mass is 188 g/mol. The number of amides is 1. The van der Waals surface area contributed by atoms with Crippen LogP contribution in [0.15, 0.2) is 11.6 Å². The van der Waals surface area contributed by atoms with Crippen molar-refractivity contribution in [2.24, 2.45) is 5.84 Å². The molecule has 0 radical (unpaired) electrons. The summed E-state index contributed by atoms with van der Waals surface area (Å²) in [4.78, 5) is 11.1. The van der Waals surface area contributed by atoms with E-state index in [-0.39, 0.29) is 12.0 Å². The second-order valence-corrected chi connectivity index (χ2v) is 2.96. The van der Waals surface area contributed by atoms with Crippen LogP contribution < -0.4 is 11.3 Å². The number of aliphatic hydroxyl groups is 3. The number of carbonyl (C=O) groups is 1. The van der Waals surface area contributed by atoms with Crippen molar-refractivity contribution in [1.82, 2.24) is 5.43 Å². The summed E-state index contributed by atoms with van der Waals surface area (Å²) < 4.78 is 0. The van der Waals surface area contributed by atoms with E-state index in [1.165, 1.54) is 6.08 Å². The molecule has 6 heteroatoms. The average Bonchev–Trinajstić information content (AvgIpc) is 2.40. The molecule has 0 unspecified atom stereocenters. The number of carbonyl (C=O) groups excluding carboxylic acids is 1. The van der Waals surface area contributed by atoms with Crippen LogP contribution in [-0.2, 0) is 4.79 Å². The van der Waals surface area contributed by atoms with Crippen molar-refractivity contribution in [1.29, 1.82) is 0 Å². The number of hydrogen-bond acceptors (Lipinski definition) is 5. The van der Waals surface area contributed by atoms with Crippen LogP contribution in [0, 0.1) is 0 Å². The zero-order valence-electron chi connectivity index (χ0n) is 6.90. The SMILES string of the molecule is NNC(=O)[C@@]1(O)C[C@@H](O)C=C1CO. The Balaban J connectivity index is 2.92. The molecule has 0 aromatic carbocycles. The maximum Gasteiger partial charge on any atom is 0.270 e. The first-order chi connectivity index (χ1) is 6.04. The largest absolute Gasteiger partial charge is 0.392 e. The lowest BCUT2D eigenvalue weighted by Gasteiger charge is -2.23. The summed E-state index contributed by atoms with van der Waals surface area (Å²) in [5.74, 6) is 4.02. The van der Waals surface area contributed by atoms with Crippen LogP contribution in [0.4, 0.5) is 0 Å². The lowest BCUT2D eigenvalue weighted by molar-refractivity contribution is -0.137. The number of aliphatic hydroxyl groups excluding tert-OH is 2. The third-order valence-corrected chi connectivity index (χ3v) is 2.11. The first-order valence-corrected chi connectivity index (χ1v) is 3.78. The van der Waals surface area contributed by atoms with E-state index in [1.807, 2.05) is 0 Å². The van der Waals surface area contributed by atoms with Crippen LogP contribution >= 0.6 is 0 Å². The number of hydrogen-bond donors (Lipinski definition) is 5. The van der Waals surface area contributed by atoms with Crippen LogP contribution in [0.2, 0.25) is 0 Å². The van der Waals surface area contributed by atoms with Crippen molar-refractivity contribution in [3.63, 3.8) is 0 Å². The van der Waals surface area contributed by atoms with Gasteiger partial charge < -0.3 is 15.3 Å². The fourth-order valence-electron chi connectivity index (χ4n) is 1.40. The highest BCUT2D eigenvalue weighted by atomic mass is 16.3. The first-order valence-electron chi connectivity index (χ1n) is 3.78. The molecule has 1 rings (SSSR count). The fraction of sp³-hybridized carbons (Fsp3) is 0.571. The Morgan fingerprint density at radius 2 is 2.46 bits per heavy atom. The lowest BCUT2D eigenvalue weighted by atomic mass is 9.95. The lowest BCUT2D eigenvalue weighted by Crippen LogP contribution is -2.50. The van der Waals surface area contributed by atoms with Crippen molar-refractivity contribution >= 4 is 5.91 Å². The fourth-order valence-corrected chi connectivity index (χ4v) is 1.40. The topological polar surface area (TPSA) is 116 Å². The molecule has 2 atom stereocenters. The minimum absolute atomic E-state index is 0.0722. The van der Waals surface area contributed by atoms with E-state index < -0.39 is 24.2 Å². The zero-order chi connectivity index (χ0) is 10.1. The van der Waals surface area contributed by atoms with E-state index in [1.54, 1.807) is 5.43 Å². The maximum absolute atomic E-state index is 11.1. The molecular weight excluding hydrogens is 176 g/mol. The molecule has 1 aliphatic rings. The van der Waals surface area contributed by atoms with Gasteiger partial charge in [0.2, 0.25) is 0 Å². The standard InChI is InChI=1S/C7H12N2O4/c8-9-6(12)7(13)2-5(11)1-4(7)3-10/h1,5,10-11,13H,2-3,8H2,(H,9,12)/t5-,7+/m0/s1. The number of rotatable bonds is 2. The number of nitrogens with two attached hydrogens (primary N) is 1. The van der Waals surface area contributed by atoms with Crippen LogP contribution in [0.1, 0.15) is 6.42 Å². The molecule has 0 saturated carbocycles. The molecule has 0 aromatic rings. The molecule has 13 heavy (non-hydrogen) atoms. The molecule has 6 N–H and O–H groups in total. The van der Waals surface area contributed by atoms with Gasteiger partial charge >= 0.3 is 0 Å². The Morgan fingerprint density at radius 1 is 1.85 bits per heavy atom. The summed E-state index contributed by atoms with van der Waals surface area (Å²) in [6, 6.07) is 0. The summed E-state index contributed by atoms with van der Waals surface area (Å²) in [5, 5.41) is 27.7. The van der Waals surface area contributed by atoms with Gasteiger partial charge in [-0.1, -0.05) is 6.08 Å².